The van der Waals surface area contributed by atoms with Gasteiger partial charge in [-0.1, -0.05) is 12.0 Å². The summed E-state index contributed by atoms with van der Waals surface area (Å²) in [6, 6.07) is 11.5. The second kappa shape index (κ2) is 7.43. The van der Waals surface area contributed by atoms with Gasteiger partial charge in [0.1, 0.15) is 12.1 Å². The average Bonchev–Trinajstić information content (AvgIpc) is 2.65. The van der Waals surface area contributed by atoms with Gasteiger partial charge in [-0.05, 0) is 36.4 Å². The van der Waals surface area contributed by atoms with E-state index in [0.29, 0.717) is 28.0 Å². The van der Waals surface area contributed by atoms with Crippen molar-refractivity contribution >= 4 is 38.2 Å². The number of anilines is 2. The average molecular weight is 380 g/mol. The van der Waals surface area contributed by atoms with Gasteiger partial charge in [0.2, 0.25) is 5.91 Å². The lowest BCUT2D eigenvalue weighted by Gasteiger charge is -2.10. The highest BCUT2D eigenvalue weighted by Gasteiger charge is 2.12. The number of terminal acetylenes is 1. The first kappa shape index (κ1) is 18.4. The highest BCUT2D eigenvalue weighted by atomic mass is 32.2. The molecule has 0 aliphatic rings. The molecule has 1 heterocycles. The zero-order valence-electron chi connectivity index (χ0n) is 14.4. The fourth-order valence-electron chi connectivity index (χ4n) is 2.46. The molecule has 0 saturated heterocycles. The van der Waals surface area contributed by atoms with Gasteiger partial charge in [-0.2, -0.15) is 0 Å². The minimum Gasteiger partial charge on any atom is -0.360 e. The van der Waals surface area contributed by atoms with Crippen LogP contribution >= 0.6 is 0 Å². The molecule has 0 radical (unpaired) electrons. The normalized spacial score (nSPS) is 11.0. The second-order valence-electron chi connectivity index (χ2n) is 5.80. The first-order chi connectivity index (χ1) is 12.9. The van der Waals surface area contributed by atoms with E-state index < -0.39 is 9.84 Å². The highest BCUT2D eigenvalue weighted by Crippen LogP contribution is 2.22. The van der Waals surface area contributed by atoms with E-state index in [2.05, 4.69) is 26.5 Å². The summed E-state index contributed by atoms with van der Waals surface area (Å²) in [4.78, 5) is 20.6. The maximum atomic E-state index is 12.2. The Bertz CT molecular complexity index is 1170. The highest BCUT2D eigenvalue weighted by molar-refractivity contribution is 7.90. The monoisotopic (exact) mass is 380 g/mol. The van der Waals surface area contributed by atoms with Gasteiger partial charge in [0.25, 0.3) is 0 Å². The lowest BCUT2D eigenvalue weighted by atomic mass is 10.2. The van der Waals surface area contributed by atoms with Crippen LogP contribution in [0, 0.1) is 12.3 Å². The number of hydrogen-bond donors (Lipinski definition) is 2. The number of fused-ring (bicyclic) bond motifs is 1. The van der Waals surface area contributed by atoms with Crippen LogP contribution < -0.4 is 10.6 Å². The molecule has 0 saturated carbocycles. The minimum atomic E-state index is -3.37. The zero-order chi connectivity index (χ0) is 19.4. The number of nitrogens with one attached hydrogen (secondary N) is 2. The number of aromatic nitrogens is 2. The Morgan fingerprint density at radius 1 is 1.19 bits per heavy atom. The van der Waals surface area contributed by atoms with Gasteiger partial charge >= 0.3 is 0 Å². The number of nitrogens with zero attached hydrogens (tertiary/aromatic N) is 2. The molecular weight excluding hydrogens is 364 g/mol. The van der Waals surface area contributed by atoms with Crippen LogP contribution in [0.4, 0.5) is 11.5 Å². The van der Waals surface area contributed by atoms with Crippen molar-refractivity contribution in [3.05, 3.63) is 54.4 Å². The van der Waals surface area contributed by atoms with Gasteiger partial charge in [-0.25, -0.2) is 18.4 Å². The number of amides is 1. The Labute approximate surface area is 156 Å². The number of carbonyl (C=O) groups excluding carboxylic acids is 1. The summed E-state index contributed by atoms with van der Waals surface area (Å²) in [5.74, 6) is 2.58. The molecule has 27 heavy (non-hydrogen) atoms. The summed E-state index contributed by atoms with van der Waals surface area (Å²) in [7, 11) is -3.37. The molecular formula is C19H16N4O3S. The Hall–Kier alpha value is -3.44. The standard InChI is InChI=1S/C19H16N4O3S/c1-3-13-5-4-6-14(9-13)23-18(24)11-20-19-16-10-15(27(2,25)26)7-8-17(16)21-12-22-19/h1,4-10,12H,11H2,2H3,(H,23,24)(H,20,21,22). The molecule has 0 atom stereocenters. The van der Waals surface area contributed by atoms with Gasteiger partial charge in [-0.15, -0.1) is 6.42 Å². The molecule has 0 unspecified atom stereocenters. The molecule has 1 aromatic heterocycles. The topological polar surface area (TPSA) is 101 Å². The molecule has 0 spiro atoms. The van der Waals surface area contributed by atoms with Crippen molar-refractivity contribution < 1.29 is 13.2 Å². The third kappa shape index (κ3) is 4.40. The van der Waals surface area contributed by atoms with E-state index >= 15 is 0 Å². The van der Waals surface area contributed by atoms with E-state index in [1.807, 2.05) is 0 Å². The number of carbonyl (C=O) groups is 1. The second-order valence-corrected chi connectivity index (χ2v) is 7.82. The Kier molecular flexibility index (Phi) is 5.05. The van der Waals surface area contributed by atoms with Crippen molar-refractivity contribution in [2.24, 2.45) is 0 Å². The zero-order valence-corrected chi connectivity index (χ0v) is 15.2. The maximum Gasteiger partial charge on any atom is 0.243 e. The van der Waals surface area contributed by atoms with Crippen LogP contribution in [0.2, 0.25) is 0 Å². The van der Waals surface area contributed by atoms with Crippen molar-refractivity contribution in [2.75, 3.05) is 23.4 Å². The number of hydrogen-bond acceptors (Lipinski definition) is 6. The molecule has 7 nitrogen and oxygen atoms in total. The van der Waals surface area contributed by atoms with Crippen molar-refractivity contribution in [3.8, 4) is 12.3 Å². The van der Waals surface area contributed by atoms with E-state index in [-0.39, 0.29) is 17.3 Å². The lowest BCUT2D eigenvalue weighted by molar-refractivity contribution is -0.114. The Balaban J connectivity index is 1.78. The summed E-state index contributed by atoms with van der Waals surface area (Å²) < 4.78 is 23.5. The predicted molar refractivity (Wildman–Crippen MR) is 104 cm³/mol. The van der Waals surface area contributed by atoms with Crippen LogP contribution in [-0.4, -0.2) is 37.1 Å². The number of sulfone groups is 1. The quantitative estimate of drug-likeness (QED) is 0.657. The van der Waals surface area contributed by atoms with E-state index in [9.17, 15) is 13.2 Å². The third-order valence-electron chi connectivity index (χ3n) is 3.76. The van der Waals surface area contributed by atoms with Crippen LogP contribution in [-0.2, 0) is 14.6 Å². The molecule has 0 bridgehead atoms. The van der Waals surface area contributed by atoms with Crippen LogP contribution in [0.25, 0.3) is 10.9 Å². The van der Waals surface area contributed by atoms with Gasteiger partial charge in [0.15, 0.2) is 9.84 Å². The molecule has 3 aromatic rings. The summed E-state index contributed by atoms with van der Waals surface area (Å²) in [6.07, 6.45) is 7.82. The molecule has 3 rings (SSSR count). The third-order valence-corrected chi connectivity index (χ3v) is 4.87. The molecule has 0 aliphatic carbocycles. The smallest absolute Gasteiger partial charge is 0.243 e. The van der Waals surface area contributed by atoms with Crippen molar-refractivity contribution in [2.45, 2.75) is 4.90 Å². The summed E-state index contributed by atoms with van der Waals surface area (Å²) in [5, 5.41) is 6.17. The van der Waals surface area contributed by atoms with Crippen molar-refractivity contribution in [1.29, 1.82) is 0 Å². The molecule has 2 aromatic carbocycles. The summed E-state index contributed by atoms with van der Waals surface area (Å²) >= 11 is 0. The van der Waals surface area contributed by atoms with Crippen LogP contribution in [0.5, 0.6) is 0 Å². The minimum absolute atomic E-state index is 0.0600. The molecule has 2 N–H and O–H groups in total. The Morgan fingerprint density at radius 2 is 2.00 bits per heavy atom. The van der Waals surface area contributed by atoms with Gasteiger partial charge in [-0.3, -0.25) is 4.79 Å². The maximum absolute atomic E-state index is 12.2. The summed E-state index contributed by atoms with van der Waals surface area (Å²) in [5.41, 5.74) is 1.82. The van der Waals surface area contributed by atoms with Crippen LogP contribution in [0.1, 0.15) is 5.56 Å². The van der Waals surface area contributed by atoms with Crippen molar-refractivity contribution in [3.63, 3.8) is 0 Å². The molecule has 8 heteroatoms. The summed E-state index contributed by atoms with van der Waals surface area (Å²) in [6.45, 7) is -0.0600. The molecule has 0 fully saturated rings. The SMILES string of the molecule is C#Cc1cccc(NC(=O)CNc2ncnc3ccc(S(C)(=O)=O)cc23)c1. The molecule has 0 aliphatic heterocycles. The lowest BCUT2D eigenvalue weighted by Crippen LogP contribution is -2.22. The molecule has 136 valence electrons. The van der Waals surface area contributed by atoms with Gasteiger partial charge in [0.05, 0.1) is 17.0 Å². The first-order valence-electron chi connectivity index (χ1n) is 7.92. The number of rotatable bonds is 5. The van der Waals surface area contributed by atoms with Gasteiger partial charge < -0.3 is 10.6 Å². The van der Waals surface area contributed by atoms with Crippen molar-refractivity contribution in [1.82, 2.24) is 9.97 Å². The molecule has 1 amide bonds. The van der Waals surface area contributed by atoms with Crippen LogP contribution in [0.15, 0.2) is 53.7 Å². The van der Waals surface area contributed by atoms with E-state index in [0.717, 1.165) is 6.26 Å². The van der Waals surface area contributed by atoms with Crippen LogP contribution in [0.3, 0.4) is 0 Å². The predicted octanol–water partition coefficient (Wildman–Crippen LogP) is 2.07. The largest absolute Gasteiger partial charge is 0.360 e. The van der Waals surface area contributed by atoms with E-state index in [4.69, 9.17) is 6.42 Å². The fraction of sp³-hybridized carbons (Fsp3) is 0.105. The first-order valence-corrected chi connectivity index (χ1v) is 9.81. The van der Waals surface area contributed by atoms with E-state index in [1.165, 1.54) is 18.5 Å². The van der Waals surface area contributed by atoms with Gasteiger partial charge in [0, 0.05) is 22.9 Å². The fourth-order valence-corrected chi connectivity index (χ4v) is 3.11. The number of benzene rings is 2. The van der Waals surface area contributed by atoms with E-state index in [1.54, 1.807) is 30.3 Å². The Morgan fingerprint density at radius 3 is 2.74 bits per heavy atom.